The number of aryl methyl sites for hydroxylation is 1. The first-order valence-corrected chi connectivity index (χ1v) is 15.8. The number of ketones is 1. The van der Waals surface area contributed by atoms with Crippen LogP contribution in [0.1, 0.15) is 56.6 Å². The summed E-state index contributed by atoms with van der Waals surface area (Å²) in [5.41, 5.74) is 7.95. The average Bonchev–Trinajstić information content (AvgIpc) is 3.60. The highest BCUT2D eigenvalue weighted by molar-refractivity contribution is 6.09. The zero-order chi connectivity index (χ0) is 32.9. The van der Waals surface area contributed by atoms with Gasteiger partial charge < -0.3 is 14.8 Å². The average molecular weight is 631 g/mol. The third-order valence-electron chi connectivity index (χ3n) is 8.51. The minimum atomic E-state index is -0.384. The SMILES string of the molecule is CCC(=O)c1ccc(-c2cn(-c3ccc(CCN4CCc5cc(OC)c(OC)cc5C4)cc3)nn2)cc1NC(=O)c1cccc(C)n1. The molecule has 0 bridgehead atoms. The summed E-state index contributed by atoms with van der Waals surface area (Å²) in [7, 11) is 3.35. The molecule has 0 saturated carbocycles. The molecule has 10 heteroatoms. The van der Waals surface area contributed by atoms with Crippen LogP contribution in [0.25, 0.3) is 16.9 Å². The van der Waals surface area contributed by atoms with Gasteiger partial charge in [0.2, 0.25) is 0 Å². The molecule has 0 fully saturated rings. The number of rotatable bonds is 11. The topological polar surface area (TPSA) is 111 Å². The Bertz CT molecular complexity index is 1920. The highest BCUT2D eigenvalue weighted by Crippen LogP contribution is 2.33. The lowest BCUT2D eigenvalue weighted by atomic mass is 9.98. The van der Waals surface area contributed by atoms with Crippen molar-refractivity contribution in [2.75, 3.05) is 32.6 Å². The van der Waals surface area contributed by atoms with E-state index in [1.807, 2.05) is 37.4 Å². The van der Waals surface area contributed by atoms with Gasteiger partial charge in [0.05, 0.1) is 31.8 Å². The van der Waals surface area contributed by atoms with Crippen LogP contribution >= 0.6 is 0 Å². The Kier molecular flexibility index (Phi) is 9.40. The normalized spacial score (nSPS) is 12.8. The molecule has 240 valence electrons. The zero-order valence-electron chi connectivity index (χ0n) is 27.1. The molecular weight excluding hydrogens is 592 g/mol. The van der Waals surface area contributed by atoms with Crippen LogP contribution in [0, 0.1) is 6.92 Å². The number of ether oxygens (including phenoxy) is 2. The second kappa shape index (κ2) is 14.0. The third kappa shape index (κ3) is 7.07. The molecule has 6 rings (SSSR count). The van der Waals surface area contributed by atoms with E-state index in [1.54, 1.807) is 50.1 Å². The number of Topliss-reactive ketones (excluding diaryl/α,β-unsaturated/α-hetero) is 1. The largest absolute Gasteiger partial charge is 0.493 e. The van der Waals surface area contributed by atoms with E-state index in [9.17, 15) is 9.59 Å². The van der Waals surface area contributed by atoms with E-state index in [4.69, 9.17) is 9.47 Å². The number of hydrogen-bond acceptors (Lipinski definition) is 8. The standard InChI is InChI=1S/C37H38N6O4/c1-5-34(44)30-14-11-27(19-32(30)39-37(45)31-8-6-7-24(2)38-31)33-23-43(41-40-33)29-12-9-25(10-13-29)15-17-42-18-16-26-20-35(46-3)36(47-4)21-28(26)22-42/h6-14,19-21,23H,5,15-18,22H2,1-4H3,(H,39,45). The Hall–Kier alpha value is -5.35. The molecule has 0 atom stereocenters. The van der Waals surface area contributed by atoms with E-state index < -0.39 is 0 Å². The van der Waals surface area contributed by atoms with Crippen LogP contribution in [0.15, 0.2) is 79.0 Å². The van der Waals surface area contributed by atoms with Gasteiger partial charge in [-0.15, -0.1) is 5.10 Å². The number of nitrogens with one attached hydrogen (secondary N) is 1. The van der Waals surface area contributed by atoms with Crippen LogP contribution in [0.4, 0.5) is 5.69 Å². The fourth-order valence-corrected chi connectivity index (χ4v) is 5.85. The summed E-state index contributed by atoms with van der Waals surface area (Å²) < 4.78 is 12.7. The van der Waals surface area contributed by atoms with Gasteiger partial charge in [0.1, 0.15) is 11.4 Å². The van der Waals surface area contributed by atoms with Crippen molar-refractivity contribution in [3.63, 3.8) is 0 Å². The van der Waals surface area contributed by atoms with Gasteiger partial charge in [-0.2, -0.15) is 0 Å². The van der Waals surface area contributed by atoms with Crippen LogP contribution < -0.4 is 14.8 Å². The van der Waals surface area contributed by atoms with Gasteiger partial charge in [0, 0.05) is 42.9 Å². The summed E-state index contributed by atoms with van der Waals surface area (Å²) in [6.45, 7) is 6.46. The van der Waals surface area contributed by atoms with Gasteiger partial charge in [-0.3, -0.25) is 14.5 Å². The number of benzene rings is 3. The van der Waals surface area contributed by atoms with Crippen molar-refractivity contribution in [3.05, 3.63) is 113 Å². The van der Waals surface area contributed by atoms with E-state index in [-0.39, 0.29) is 17.4 Å². The lowest BCUT2D eigenvalue weighted by Crippen LogP contribution is -2.32. The monoisotopic (exact) mass is 630 g/mol. The molecule has 1 aliphatic heterocycles. The Morgan fingerprint density at radius 1 is 0.936 bits per heavy atom. The van der Waals surface area contributed by atoms with E-state index in [2.05, 4.69) is 49.8 Å². The quantitative estimate of drug-likeness (QED) is 0.174. The molecule has 1 amide bonds. The number of pyridine rings is 1. The van der Waals surface area contributed by atoms with Crippen LogP contribution in [0.2, 0.25) is 0 Å². The number of amides is 1. The number of carbonyl (C=O) groups excluding carboxylic acids is 2. The molecule has 47 heavy (non-hydrogen) atoms. The third-order valence-corrected chi connectivity index (χ3v) is 8.51. The van der Waals surface area contributed by atoms with Gasteiger partial charge in [0.15, 0.2) is 17.3 Å². The van der Waals surface area contributed by atoms with Crippen LogP contribution in [-0.2, 0) is 19.4 Å². The van der Waals surface area contributed by atoms with Crippen molar-refractivity contribution in [2.45, 2.75) is 39.7 Å². The molecule has 2 aromatic heterocycles. The molecule has 0 spiro atoms. The second-order valence-electron chi connectivity index (χ2n) is 11.6. The number of aromatic nitrogens is 4. The van der Waals surface area contributed by atoms with Crippen molar-refractivity contribution in [3.8, 4) is 28.4 Å². The second-order valence-corrected chi connectivity index (χ2v) is 11.6. The van der Waals surface area contributed by atoms with E-state index >= 15 is 0 Å². The maximum absolute atomic E-state index is 13.0. The Morgan fingerprint density at radius 3 is 2.43 bits per heavy atom. The first kappa shape index (κ1) is 31.6. The first-order valence-electron chi connectivity index (χ1n) is 15.8. The number of carbonyl (C=O) groups is 2. The molecule has 0 radical (unpaired) electrons. The molecule has 0 saturated heterocycles. The predicted octanol–water partition coefficient (Wildman–Crippen LogP) is 6.10. The summed E-state index contributed by atoms with van der Waals surface area (Å²) in [6, 6.07) is 23.1. The molecule has 3 aromatic carbocycles. The lowest BCUT2D eigenvalue weighted by molar-refractivity contribution is 0.0989. The fourth-order valence-electron chi connectivity index (χ4n) is 5.85. The molecule has 1 N–H and O–H groups in total. The molecule has 3 heterocycles. The molecule has 1 aliphatic rings. The molecule has 10 nitrogen and oxygen atoms in total. The van der Waals surface area contributed by atoms with Crippen molar-refractivity contribution < 1.29 is 19.1 Å². The van der Waals surface area contributed by atoms with Gasteiger partial charge >= 0.3 is 0 Å². The molecule has 0 unspecified atom stereocenters. The number of fused-ring (bicyclic) bond motifs is 1. The number of methoxy groups -OCH3 is 2. The summed E-state index contributed by atoms with van der Waals surface area (Å²) in [5, 5.41) is 11.6. The minimum absolute atomic E-state index is 0.0706. The van der Waals surface area contributed by atoms with E-state index in [0.29, 0.717) is 23.4 Å². The van der Waals surface area contributed by atoms with Crippen molar-refractivity contribution in [1.82, 2.24) is 24.9 Å². The maximum Gasteiger partial charge on any atom is 0.274 e. The summed E-state index contributed by atoms with van der Waals surface area (Å²) in [6.07, 6.45) is 4.07. The Labute approximate surface area is 274 Å². The van der Waals surface area contributed by atoms with Gasteiger partial charge in [-0.1, -0.05) is 36.4 Å². The number of nitrogens with zero attached hydrogens (tertiary/aromatic N) is 5. The van der Waals surface area contributed by atoms with Crippen LogP contribution in [0.3, 0.4) is 0 Å². The molecule has 0 aliphatic carbocycles. The van der Waals surface area contributed by atoms with Crippen LogP contribution in [-0.4, -0.2) is 63.9 Å². The molecular formula is C37H38N6O4. The molecule has 5 aromatic rings. The van der Waals surface area contributed by atoms with Crippen molar-refractivity contribution >= 4 is 17.4 Å². The maximum atomic E-state index is 13.0. The number of anilines is 1. The fraction of sp³-hybridized carbons (Fsp3) is 0.270. The van der Waals surface area contributed by atoms with E-state index in [0.717, 1.165) is 60.9 Å². The van der Waals surface area contributed by atoms with Gasteiger partial charge in [-0.25, -0.2) is 9.67 Å². The minimum Gasteiger partial charge on any atom is -0.493 e. The van der Waals surface area contributed by atoms with E-state index in [1.165, 1.54) is 16.7 Å². The smallest absolute Gasteiger partial charge is 0.274 e. The Morgan fingerprint density at radius 2 is 1.70 bits per heavy atom. The van der Waals surface area contributed by atoms with Crippen LogP contribution in [0.5, 0.6) is 11.5 Å². The number of hydrogen-bond donors (Lipinski definition) is 1. The van der Waals surface area contributed by atoms with Gasteiger partial charge in [-0.05, 0) is 85.0 Å². The van der Waals surface area contributed by atoms with Crippen molar-refractivity contribution in [2.24, 2.45) is 0 Å². The summed E-state index contributed by atoms with van der Waals surface area (Å²) >= 11 is 0. The highest BCUT2D eigenvalue weighted by atomic mass is 16.5. The van der Waals surface area contributed by atoms with Gasteiger partial charge in [0.25, 0.3) is 5.91 Å². The lowest BCUT2D eigenvalue weighted by Gasteiger charge is -2.29. The predicted molar refractivity (Wildman–Crippen MR) is 181 cm³/mol. The highest BCUT2D eigenvalue weighted by Gasteiger charge is 2.20. The van der Waals surface area contributed by atoms with Crippen molar-refractivity contribution in [1.29, 1.82) is 0 Å². The summed E-state index contributed by atoms with van der Waals surface area (Å²) in [4.78, 5) is 32.5. The zero-order valence-corrected chi connectivity index (χ0v) is 27.1. The summed E-state index contributed by atoms with van der Waals surface area (Å²) in [5.74, 6) is 1.10. The Balaban J connectivity index is 1.13. The first-order chi connectivity index (χ1) is 22.8.